The van der Waals surface area contributed by atoms with Crippen LogP contribution in [0.2, 0.25) is 0 Å². The summed E-state index contributed by atoms with van der Waals surface area (Å²) < 4.78 is 5.27. The van der Waals surface area contributed by atoms with Crippen molar-refractivity contribution in [2.75, 3.05) is 32.8 Å². The number of rotatable bonds is 3. The Labute approximate surface area is 121 Å². The molecule has 114 valence electrons. The summed E-state index contributed by atoms with van der Waals surface area (Å²) in [7, 11) is 0. The van der Waals surface area contributed by atoms with Gasteiger partial charge in [0.05, 0.1) is 13.2 Å². The van der Waals surface area contributed by atoms with E-state index in [9.17, 15) is 9.59 Å². The Kier molecular flexibility index (Phi) is 5.02. The van der Waals surface area contributed by atoms with Crippen LogP contribution in [0.3, 0.4) is 0 Å². The van der Waals surface area contributed by atoms with E-state index in [-0.39, 0.29) is 11.8 Å². The van der Waals surface area contributed by atoms with E-state index in [2.05, 4.69) is 0 Å². The number of hydrogen-bond acceptors (Lipinski definition) is 3. The van der Waals surface area contributed by atoms with Gasteiger partial charge in [0.15, 0.2) is 0 Å². The second-order valence-corrected chi connectivity index (χ2v) is 6.34. The summed E-state index contributed by atoms with van der Waals surface area (Å²) in [4.78, 5) is 28.4. The van der Waals surface area contributed by atoms with Crippen molar-refractivity contribution in [3.63, 3.8) is 0 Å². The summed E-state index contributed by atoms with van der Waals surface area (Å²) >= 11 is 0. The fraction of sp³-hybridized carbons (Fsp3) is 0.867. The van der Waals surface area contributed by atoms with Gasteiger partial charge in [-0.1, -0.05) is 6.42 Å². The number of likely N-dealkylation sites (tertiary alicyclic amines) is 1. The topological polar surface area (TPSA) is 49.9 Å². The van der Waals surface area contributed by atoms with Crippen molar-refractivity contribution in [3.05, 3.63) is 0 Å². The van der Waals surface area contributed by atoms with Crippen LogP contribution in [0.15, 0.2) is 0 Å². The lowest BCUT2D eigenvalue weighted by Crippen LogP contribution is -2.51. The first-order valence-corrected chi connectivity index (χ1v) is 7.67. The average molecular weight is 282 g/mol. The van der Waals surface area contributed by atoms with Crippen LogP contribution in [0, 0.1) is 0 Å². The highest BCUT2D eigenvalue weighted by Gasteiger charge is 2.34. The van der Waals surface area contributed by atoms with Gasteiger partial charge < -0.3 is 14.5 Å². The fourth-order valence-electron chi connectivity index (χ4n) is 3.01. The molecule has 0 unspecified atom stereocenters. The molecule has 0 aromatic carbocycles. The number of amides is 2. The quantitative estimate of drug-likeness (QED) is 0.786. The predicted molar refractivity (Wildman–Crippen MR) is 76.3 cm³/mol. The minimum atomic E-state index is -0.392. The van der Waals surface area contributed by atoms with Crippen molar-refractivity contribution < 1.29 is 14.3 Å². The van der Waals surface area contributed by atoms with Gasteiger partial charge in [-0.25, -0.2) is 0 Å². The van der Waals surface area contributed by atoms with Crippen molar-refractivity contribution in [1.29, 1.82) is 0 Å². The molecule has 0 bridgehead atoms. The minimum Gasteiger partial charge on any atom is -0.378 e. The van der Waals surface area contributed by atoms with Crippen molar-refractivity contribution in [1.82, 2.24) is 9.80 Å². The van der Waals surface area contributed by atoms with Crippen molar-refractivity contribution in [3.8, 4) is 0 Å². The number of morpholine rings is 1. The summed E-state index contributed by atoms with van der Waals surface area (Å²) in [5, 5.41) is 0. The fourth-order valence-corrected chi connectivity index (χ4v) is 3.01. The van der Waals surface area contributed by atoms with E-state index in [1.807, 2.05) is 23.6 Å². The van der Waals surface area contributed by atoms with E-state index in [1.165, 1.54) is 0 Å². The van der Waals surface area contributed by atoms with E-state index in [1.54, 1.807) is 0 Å². The Bertz CT molecular complexity index is 362. The summed E-state index contributed by atoms with van der Waals surface area (Å²) in [5.74, 6) is 0.331. The first kappa shape index (κ1) is 15.3. The van der Waals surface area contributed by atoms with Crippen LogP contribution < -0.4 is 0 Å². The van der Waals surface area contributed by atoms with E-state index in [0.717, 1.165) is 25.8 Å². The standard InChI is InChI=1S/C15H26N2O3/c1-15(2,17-7-5-3-4-6-13(17)18)12-14(19)16-8-10-20-11-9-16/h3-12H2,1-2H3. The van der Waals surface area contributed by atoms with Gasteiger partial charge in [0.2, 0.25) is 11.8 Å². The summed E-state index contributed by atoms with van der Waals surface area (Å²) in [6.07, 6.45) is 4.15. The molecule has 0 aliphatic carbocycles. The molecule has 0 spiro atoms. The lowest BCUT2D eigenvalue weighted by atomic mass is 9.96. The molecule has 0 radical (unpaired) electrons. The maximum absolute atomic E-state index is 12.4. The zero-order valence-corrected chi connectivity index (χ0v) is 12.7. The number of carbonyl (C=O) groups is 2. The molecule has 2 saturated heterocycles. The highest BCUT2D eigenvalue weighted by Crippen LogP contribution is 2.25. The average Bonchev–Trinajstić information content (AvgIpc) is 2.64. The van der Waals surface area contributed by atoms with Gasteiger partial charge in [0.25, 0.3) is 0 Å². The van der Waals surface area contributed by atoms with Crippen molar-refractivity contribution >= 4 is 11.8 Å². The third-order valence-electron chi connectivity index (χ3n) is 4.25. The minimum absolute atomic E-state index is 0.135. The first-order chi connectivity index (χ1) is 9.50. The molecule has 2 aliphatic rings. The summed E-state index contributed by atoms with van der Waals surface area (Å²) in [6.45, 7) is 7.38. The Morgan fingerprint density at radius 1 is 1.15 bits per heavy atom. The van der Waals surface area contributed by atoms with Crippen molar-refractivity contribution in [2.45, 2.75) is 51.5 Å². The highest BCUT2D eigenvalue weighted by atomic mass is 16.5. The molecular formula is C15H26N2O3. The van der Waals surface area contributed by atoms with Gasteiger partial charge in [-0.15, -0.1) is 0 Å². The lowest BCUT2D eigenvalue weighted by Gasteiger charge is -2.39. The molecule has 2 fully saturated rings. The SMILES string of the molecule is CC(C)(CC(=O)N1CCOCC1)N1CCCCCC1=O. The smallest absolute Gasteiger partial charge is 0.225 e. The van der Waals surface area contributed by atoms with Crippen LogP contribution in [-0.4, -0.2) is 60.0 Å². The Balaban J connectivity index is 1.97. The summed E-state index contributed by atoms with van der Waals surface area (Å²) in [6, 6.07) is 0. The second kappa shape index (κ2) is 6.57. The third-order valence-corrected chi connectivity index (χ3v) is 4.25. The molecule has 0 aromatic heterocycles. The maximum atomic E-state index is 12.4. The monoisotopic (exact) mass is 282 g/mol. The molecule has 0 saturated carbocycles. The zero-order chi connectivity index (χ0) is 14.6. The molecular weight excluding hydrogens is 256 g/mol. The van der Waals surface area contributed by atoms with E-state index >= 15 is 0 Å². The maximum Gasteiger partial charge on any atom is 0.225 e. The number of nitrogens with zero attached hydrogens (tertiary/aromatic N) is 2. The number of ether oxygens (including phenoxy) is 1. The van der Waals surface area contributed by atoms with Crippen LogP contribution in [0.5, 0.6) is 0 Å². The molecule has 20 heavy (non-hydrogen) atoms. The van der Waals surface area contributed by atoms with E-state index in [0.29, 0.717) is 39.1 Å². The largest absolute Gasteiger partial charge is 0.378 e. The van der Waals surface area contributed by atoms with Crippen LogP contribution in [0.1, 0.15) is 46.0 Å². The van der Waals surface area contributed by atoms with Crippen LogP contribution in [0.25, 0.3) is 0 Å². The normalized spacial score (nSPS) is 21.8. The Morgan fingerprint density at radius 2 is 1.85 bits per heavy atom. The van der Waals surface area contributed by atoms with E-state index in [4.69, 9.17) is 4.74 Å². The predicted octanol–water partition coefficient (Wildman–Crippen LogP) is 1.42. The third kappa shape index (κ3) is 3.72. The number of carbonyl (C=O) groups excluding carboxylic acids is 2. The van der Waals surface area contributed by atoms with Gasteiger partial charge >= 0.3 is 0 Å². The van der Waals surface area contributed by atoms with Gasteiger partial charge in [0, 0.05) is 38.0 Å². The van der Waals surface area contributed by atoms with Gasteiger partial charge in [-0.05, 0) is 26.7 Å². The molecule has 2 aliphatic heterocycles. The Hall–Kier alpha value is -1.10. The second-order valence-electron chi connectivity index (χ2n) is 6.34. The molecule has 2 heterocycles. The molecule has 2 amide bonds. The molecule has 0 N–H and O–H groups in total. The molecule has 5 heteroatoms. The van der Waals surface area contributed by atoms with Gasteiger partial charge in [-0.3, -0.25) is 9.59 Å². The zero-order valence-electron chi connectivity index (χ0n) is 12.7. The molecule has 2 rings (SSSR count). The van der Waals surface area contributed by atoms with Crippen LogP contribution >= 0.6 is 0 Å². The molecule has 0 aromatic rings. The van der Waals surface area contributed by atoms with Crippen LogP contribution in [0.4, 0.5) is 0 Å². The van der Waals surface area contributed by atoms with Crippen LogP contribution in [-0.2, 0) is 14.3 Å². The van der Waals surface area contributed by atoms with Gasteiger partial charge in [-0.2, -0.15) is 0 Å². The molecule has 5 nitrogen and oxygen atoms in total. The lowest BCUT2D eigenvalue weighted by molar-refractivity contribution is -0.142. The Morgan fingerprint density at radius 3 is 2.55 bits per heavy atom. The highest BCUT2D eigenvalue weighted by molar-refractivity contribution is 5.81. The molecule has 0 atom stereocenters. The number of hydrogen-bond donors (Lipinski definition) is 0. The summed E-state index contributed by atoms with van der Waals surface area (Å²) in [5.41, 5.74) is -0.392. The van der Waals surface area contributed by atoms with Gasteiger partial charge in [0.1, 0.15) is 0 Å². The van der Waals surface area contributed by atoms with Crippen molar-refractivity contribution in [2.24, 2.45) is 0 Å². The first-order valence-electron chi connectivity index (χ1n) is 7.67. The van der Waals surface area contributed by atoms with E-state index < -0.39 is 5.54 Å².